The number of hydrogen-bond acceptors (Lipinski definition) is 4. The zero-order valence-electron chi connectivity index (χ0n) is 14.0. The van der Waals surface area contributed by atoms with Crippen LogP contribution in [0.2, 0.25) is 5.02 Å². The van der Waals surface area contributed by atoms with Gasteiger partial charge in [-0.3, -0.25) is 14.5 Å². The third-order valence-corrected chi connectivity index (χ3v) is 5.21. The van der Waals surface area contributed by atoms with Crippen LogP contribution in [-0.4, -0.2) is 19.3 Å². The maximum atomic E-state index is 13.3. The highest BCUT2D eigenvalue weighted by molar-refractivity contribution is 7.92. The van der Waals surface area contributed by atoms with E-state index in [1.165, 1.54) is 24.4 Å². The Bertz CT molecular complexity index is 1120. The second-order valence-corrected chi connectivity index (χ2v) is 7.69. The number of anilines is 2. The number of carbonyl (C=O) groups excluding carboxylic acids is 1. The summed E-state index contributed by atoms with van der Waals surface area (Å²) in [5, 5.41) is 2.58. The van der Waals surface area contributed by atoms with Gasteiger partial charge in [-0.25, -0.2) is 17.2 Å². The van der Waals surface area contributed by atoms with Crippen LogP contribution in [0.15, 0.2) is 65.8 Å². The highest BCUT2D eigenvalue weighted by Crippen LogP contribution is 2.24. The molecule has 6 nitrogen and oxygen atoms in total. The van der Waals surface area contributed by atoms with E-state index in [0.29, 0.717) is 23.9 Å². The van der Waals surface area contributed by atoms with Gasteiger partial charge in [-0.1, -0.05) is 11.6 Å². The summed E-state index contributed by atoms with van der Waals surface area (Å²) in [5.41, 5.74) is 0.583. The van der Waals surface area contributed by atoms with E-state index >= 15 is 0 Å². The van der Waals surface area contributed by atoms with E-state index in [2.05, 4.69) is 15.0 Å². The van der Waals surface area contributed by atoms with E-state index in [0.717, 1.165) is 0 Å². The molecule has 10 heteroatoms. The Kier molecular flexibility index (Phi) is 5.57. The summed E-state index contributed by atoms with van der Waals surface area (Å²) in [6.45, 7) is 0. The van der Waals surface area contributed by atoms with Crippen molar-refractivity contribution in [1.82, 2.24) is 4.98 Å². The van der Waals surface area contributed by atoms with E-state index in [1.807, 2.05) is 0 Å². The number of rotatable bonds is 5. The standard InChI is InChI=1S/C18H12ClF2N3O3S/c19-17-9-13(24-28(26,27)15-7-11(20)6-12(21)8-15)3-4-16(17)18(25)23-14-2-1-5-22-10-14/h1-10,24H,(H,23,25). The Morgan fingerprint density at radius 1 is 1.00 bits per heavy atom. The van der Waals surface area contributed by atoms with Gasteiger partial charge in [0.05, 0.1) is 33.1 Å². The SMILES string of the molecule is O=C(Nc1cccnc1)c1ccc(NS(=O)(=O)c2cc(F)cc(F)c2)cc1Cl. The van der Waals surface area contributed by atoms with Gasteiger partial charge in [-0.2, -0.15) is 0 Å². The lowest BCUT2D eigenvalue weighted by molar-refractivity contribution is 0.102. The zero-order chi connectivity index (χ0) is 20.3. The average molecular weight is 424 g/mol. The molecule has 1 amide bonds. The van der Waals surface area contributed by atoms with E-state index in [1.54, 1.807) is 18.3 Å². The van der Waals surface area contributed by atoms with Crippen LogP contribution in [-0.2, 0) is 10.0 Å². The van der Waals surface area contributed by atoms with Gasteiger partial charge in [-0.05, 0) is 42.5 Å². The number of nitrogens with one attached hydrogen (secondary N) is 2. The lowest BCUT2D eigenvalue weighted by Crippen LogP contribution is -2.15. The fraction of sp³-hybridized carbons (Fsp3) is 0. The van der Waals surface area contributed by atoms with E-state index in [9.17, 15) is 22.0 Å². The van der Waals surface area contributed by atoms with Gasteiger partial charge in [0.25, 0.3) is 15.9 Å². The predicted molar refractivity (Wildman–Crippen MR) is 101 cm³/mol. The smallest absolute Gasteiger partial charge is 0.262 e. The van der Waals surface area contributed by atoms with E-state index in [-0.39, 0.29) is 16.3 Å². The van der Waals surface area contributed by atoms with Crippen molar-refractivity contribution < 1.29 is 22.0 Å². The second-order valence-electron chi connectivity index (χ2n) is 5.60. The highest BCUT2D eigenvalue weighted by Gasteiger charge is 2.18. The van der Waals surface area contributed by atoms with Crippen LogP contribution in [0.4, 0.5) is 20.2 Å². The quantitative estimate of drug-likeness (QED) is 0.647. The largest absolute Gasteiger partial charge is 0.321 e. The van der Waals surface area contributed by atoms with Gasteiger partial charge in [0.2, 0.25) is 0 Å². The van der Waals surface area contributed by atoms with Crippen molar-refractivity contribution in [2.75, 3.05) is 10.0 Å². The van der Waals surface area contributed by atoms with Gasteiger partial charge >= 0.3 is 0 Å². The van der Waals surface area contributed by atoms with Crippen molar-refractivity contribution in [3.63, 3.8) is 0 Å². The van der Waals surface area contributed by atoms with Crippen LogP contribution in [0.1, 0.15) is 10.4 Å². The van der Waals surface area contributed by atoms with Crippen LogP contribution in [0, 0.1) is 11.6 Å². The molecule has 2 aromatic carbocycles. The fourth-order valence-electron chi connectivity index (χ4n) is 2.30. The minimum Gasteiger partial charge on any atom is -0.321 e. The minimum atomic E-state index is -4.25. The van der Waals surface area contributed by atoms with Crippen LogP contribution in [0.5, 0.6) is 0 Å². The third-order valence-electron chi connectivity index (χ3n) is 3.53. The van der Waals surface area contributed by atoms with Gasteiger partial charge in [0.15, 0.2) is 0 Å². The molecule has 0 aliphatic rings. The molecule has 2 N–H and O–H groups in total. The molecule has 3 rings (SSSR count). The van der Waals surface area contributed by atoms with Gasteiger partial charge in [0.1, 0.15) is 11.6 Å². The number of nitrogens with zero attached hydrogens (tertiary/aromatic N) is 1. The fourth-order valence-corrected chi connectivity index (χ4v) is 3.65. The first-order chi connectivity index (χ1) is 13.2. The Balaban J connectivity index is 1.81. The molecule has 0 bridgehead atoms. The first kappa shape index (κ1) is 19.7. The Morgan fingerprint density at radius 2 is 1.71 bits per heavy atom. The van der Waals surface area contributed by atoms with Gasteiger partial charge in [-0.15, -0.1) is 0 Å². The molecule has 1 heterocycles. The lowest BCUT2D eigenvalue weighted by Gasteiger charge is -2.11. The van der Waals surface area contributed by atoms with Crippen molar-refractivity contribution in [2.24, 2.45) is 0 Å². The molecule has 0 atom stereocenters. The van der Waals surface area contributed by atoms with Crippen molar-refractivity contribution in [3.05, 3.63) is 83.1 Å². The number of benzene rings is 2. The zero-order valence-corrected chi connectivity index (χ0v) is 15.6. The summed E-state index contributed by atoms with van der Waals surface area (Å²) in [6, 6.07) is 9.04. The summed E-state index contributed by atoms with van der Waals surface area (Å²) in [6.07, 6.45) is 3.00. The topological polar surface area (TPSA) is 88.2 Å². The number of amides is 1. The summed E-state index contributed by atoms with van der Waals surface area (Å²) in [7, 11) is -4.25. The van der Waals surface area contributed by atoms with Gasteiger partial charge in [0, 0.05) is 12.3 Å². The molecule has 0 aliphatic carbocycles. The second kappa shape index (κ2) is 7.91. The summed E-state index contributed by atoms with van der Waals surface area (Å²) >= 11 is 6.08. The summed E-state index contributed by atoms with van der Waals surface area (Å²) in [4.78, 5) is 15.6. The number of sulfonamides is 1. The van der Waals surface area contributed by atoms with E-state index in [4.69, 9.17) is 11.6 Å². The molecule has 3 aromatic rings. The normalized spacial score (nSPS) is 11.1. The van der Waals surface area contributed by atoms with Crippen LogP contribution in [0.3, 0.4) is 0 Å². The summed E-state index contributed by atoms with van der Waals surface area (Å²) < 4.78 is 53.3. The molecule has 1 aromatic heterocycles. The third kappa shape index (κ3) is 4.62. The molecule has 0 aliphatic heterocycles. The predicted octanol–water partition coefficient (Wildman–Crippen LogP) is 4.07. The number of aromatic nitrogens is 1. The van der Waals surface area contributed by atoms with Crippen LogP contribution in [0.25, 0.3) is 0 Å². The molecule has 0 radical (unpaired) electrons. The molecular formula is C18H12ClF2N3O3S. The van der Waals surface area contributed by atoms with Crippen LogP contribution < -0.4 is 10.0 Å². The van der Waals surface area contributed by atoms with Crippen molar-refractivity contribution in [1.29, 1.82) is 0 Å². The molecule has 144 valence electrons. The molecule has 0 spiro atoms. The van der Waals surface area contributed by atoms with Crippen LogP contribution >= 0.6 is 11.6 Å². The van der Waals surface area contributed by atoms with Crippen molar-refractivity contribution in [3.8, 4) is 0 Å². The average Bonchev–Trinajstić information content (AvgIpc) is 2.61. The number of pyridine rings is 1. The molecule has 0 saturated carbocycles. The Hall–Kier alpha value is -3.04. The number of carbonyl (C=O) groups is 1. The maximum absolute atomic E-state index is 13.3. The minimum absolute atomic E-state index is 0.0209. The van der Waals surface area contributed by atoms with Gasteiger partial charge < -0.3 is 5.32 Å². The van der Waals surface area contributed by atoms with E-state index < -0.39 is 32.5 Å². The first-order valence-corrected chi connectivity index (χ1v) is 9.60. The van der Waals surface area contributed by atoms with Crippen molar-refractivity contribution >= 4 is 38.9 Å². The summed E-state index contributed by atoms with van der Waals surface area (Å²) in [5.74, 6) is -2.57. The molecule has 0 fully saturated rings. The number of halogens is 3. The Labute approximate surface area is 164 Å². The maximum Gasteiger partial charge on any atom is 0.262 e. The lowest BCUT2D eigenvalue weighted by atomic mass is 10.2. The Morgan fingerprint density at radius 3 is 2.32 bits per heavy atom. The number of hydrogen-bond donors (Lipinski definition) is 2. The first-order valence-electron chi connectivity index (χ1n) is 7.74. The molecular weight excluding hydrogens is 412 g/mol. The molecule has 28 heavy (non-hydrogen) atoms. The molecule has 0 saturated heterocycles. The van der Waals surface area contributed by atoms with Crippen molar-refractivity contribution in [2.45, 2.75) is 4.90 Å². The molecule has 0 unspecified atom stereocenters. The highest BCUT2D eigenvalue weighted by atomic mass is 35.5. The monoisotopic (exact) mass is 423 g/mol.